The van der Waals surface area contributed by atoms with E-state index in [0.717, 1.165) is 5.82 Å². The second-order valence-electron chi connectivity index (χ2n) is 4.39. The highest BCUT2D eigenvalue weighted by Crippen LogP contribution is 2.43. The average Bonchev–Trinajstić information content (AvgIpc) is 3.05. The minimum atomic E-state index is 0.316. The Bertz CT molecular complexity index is 471. The summed E-state index contributed by atoms with van der Waals surface area (Å²) in [7, 11) is 0. The van der Waals surface area contributed by atoms with Crippen molar-refractivity contribution in [2.45, 2.75) is 18.9 Å². The van der Waals surface area contributed by atoms with Crippen LogP contribution < -0.4 is 5.73 Å². The zero-order valence-corrected chi connectivity index (χ0v) is 9.08. The first-order chi connectivity index (χ1) is 7.86. The Hall–Kier alpha value is -1.77. The number of nitrogen functional groups attached to an aromatic ring is 1. The van der Waals surface area contributed by atoms with Crippen molar-refractivity contribution in [2.24, 2.45) is 5.92 Å². The maximum atomic E-state index is 5.94. The maximum Gasteiger partial charge on any atom is 0.122 e. The van der Waals surface area contributed by atoms with Crippen molar-refractivity contribution in [3.8, 4) is 0 Å². The number of rotatable bonds is 3. The second-order valence-corrected chi connectivity index (χ2v) is 4.39. The first-order valence-electron chi connectivity index (χ1n) is 5.70. The molecule has 3 rings (SSSR count). The molecule has 1 aromatic carbocycles. The van der Waals surface area contributed by atoms with Gasteiger partial charge < -0.3 is 5.73 Å². The lowest BCUT2D eigenvalue weighted by Gasteiger charge is -2.18. The molecule has 2 N–H and O–H groups in total. The number of anilines is 1. The Kier molecular flexibility index (Phi) is 2.17. The van der Waals surface area contributed by atoms with Crippen LogP contribution in [0.15, 0.2) is 42.6 Å². The Morgan fingerprint density at radius 2 is 1.94 bits per heavy atom. The standard InChI is InChI=1S/C13H15N3/c14-12-8-9-15-16(12)13(11-6-7-11)10-4-2-1-3-5-10/h1-5,8-9,11,13H,6-7,14H2. The van der Waals surface area contributed by atoms with E-state index in [1.807, 2.05) is 16.8 Å². The van der Waals surface area contributed by atoms with Crippen molar-refractivity contribution in [1.82, 2.24) is 9.78 Å². The van der Waals surface area contributed by atoms with Gasteiger partial charge in [-0.3, -0.25) is 0 Å². The SMILES string of the molecule is Nc1ccnn1C(c1ccccc1)C1CC1. The van der Waals surface area contributed by atoms with Crippen LogP contribution in [0.3, 0.4) is 0 Å². The van der Waals surface area contributed by atoms with E-state index >= 15 is 0 Å². The molecule has 2 aromatic rings. The number of hydrogen-bond acceptors (Lipinski definition) is 2. The molecule has 16 heavy (non-hydrogen) atoms. The molecule has 0 spiro atoms. The highest BCUT2D eigenvalue weighted by molar-refractivity contribution is 5.31. The summed E-state index contributed by atoms with van der Waals surface area (Å²) in [6, 6.07) is 12.7. The van der Waals surface area contributed by atoms with Gasteiger partial charge in [0.25, 0.3) is 0 Å². The van der Waals surface area contributed by atoms with Crippen LogP contribution in [-0.2, 0) is 0 Å². The molecule has 1 aliphatic carbocycles. The number of benzene rings is 1. The molecule has 3 nitrogen and oxygen atoms in total. The predicted molar refractivity (Wildman–Crippen MR) is 63.9 cm³/mol. The van der Waals surface area contributed by atoms with Crippen molar-refractivity contribution in [3.05, 3.63) is 48.2 Å². The van der Waals surface area contributed by atoms with E-state index in [2.05, 4.69) is 29.4 Å². The van der Waals surface area contributed by atoms with Crippen LogP contribution in [-0.4, -0.2) is 9.78 Å². The summed E-state index contributed by atoms with van der Waals surface area (Å²) in [4.78, 5) is 0. The fourth-order valence-corrected chi connectivity index (χ4v) is 2.23. The van der Waals surface area contributed by atoms with Crippen LogP contribution in [0.5, 0.6) is 0 Å². The molecule has 0 bridgehead atoms. The van der Waals surface area contributed by atoms with Crippen molar-refractivity contribution < 1.29 is 0 Å². The van der Waals surface area contributed by atoms with Gasteiger partial charge >= 0.3 is 0 Å². The molecule has 1 fully saturated rings. The third-order valence-electron chi connectivity index (χ3n) is 3.17. The molecule has 1 atom stereocenters. The predicted octanol–water partition coefficient (Wildman–Crippen LogP) is 2.46. The molecule has 0 aliphatic heterocycles. The van der Waals surface area contributed by atoms with Gasteiger partial charge in [-0.05, 0) is 30.4 Å². The third-order valence-corrected chi connectivity index (χ3v) is 3.17. The third kappa shape index (κ3) is 1.58. The van der Waals surface area contributed by atoms with E-state index in [-0.39, 0.29) is 0 Å². The van der Waals surface area contributed by atoms with Crippen molar-refractivity contribution in [3.63, 3.8) is 0 Å². The van der Waals surface area contributed by atoms with E-state index in [9.17, 15) is 0 Å². The average molecular weight is 213 g/mol. The fourth-order valence-electron chi connectivity index (χ4n) is 2.23. The Labute approximate surface area is 94.9 Å². The van der Waals surface area contributed by atoms with Gasteiger partial charge in [-0.15, -0.1) is 0 Å². The van der Waals surface area contributed by atoms with Gasteiger partial charge in [-0.25, -0.2) is 4.68 Å². The molecular weight excluding hydrogens is 198 g/mol. The van der Waals surface area contributed by atoms with E-state index < -0.39 is 0 Å². The summed E-state index contributed by atoms with van der Waals surface area (Å²) in [6.07, 6.45) is 4.32. The van der Waals surface area contributed by atoms with Gasteiger partial charge in [0.15, 0.2) is 0 Å². The largest absolute Gasteiger partial charge is 0.384 e. The van der Waals surface area contributed by atoms with Crippen LogP contribution in [0.4, 0.5) is 5.82 Å². The van der Waals surface area contributed by atoms with Gasteiger partial charge in [-0.2, -0.15) is 5.10 Å². The molecule has 0 amide bonds. The van der Waals surface area contributed by atoms with Crippen LogP contribution in [0.25, 0.3) is 0 Å². The van der Waals surface area contributed by atoms with Crippen LogP contribution in [0.1, 0.15) is 24.4 Å². The topological polar surface area (TPSA) is 43.8 Å². The van der Waals surface area contributed by atoms with Crippen molar-refractivity contribution >= 4 is 5.82 Å². The summed E-state index contributed by atoms with van der Waals surface area (Å²) >= 11 is 0. The van der Waals surface area contributed by atoms with Gasteiger partial charge in [0.2, 0.25) is 0 Å². The number of aromatic nitrogens is 2. The normalized spacial score (nSPS) is 17.2. The van der Waals surface area contributed by atoms with Gasteiger partial charge in [0.1, 0.15) is 5.82 Å². The van der Waals surface area contributed by atoms with Crippen molar-refractivity contribution in [2.75, 3.05) is 5.73 Å². The summed E-state index contributed by atoms with van der Waals surface area (Å²) < 4.78 is 1.95. The number of nitrogens with two attached hydrogens (primary N) is 1. The minimum Gasteiger partial charge on any atom is -0.384 e. The van der Waals surface area contributed by atoms with Crippen molar-refractivity contribution in [1.29, 1.82) is 0 Å². The van der Waals surface area contributed by atoms with E-state index in [1.165, 1.54) is 18.4 Å². The second kappa shape index (κ2) is 3.67. The molecule has 1 saturated carbocycles. The molecule has 1 heterocycles. The molecule has 0 saturated heterocycles. The van der Waals surface area contributed by atoms with E-state index in [4.69, 9.17) is 5.73 Å². The number of nitrogens with zero attached hydrogens (tertiary/aromatic N) is 2. The van der Waals surface area contributed by atoms with E-state index in [0.29, 0.717) is 12.0 Å². The molecular formula is C13H15N3. The maximum absolute atomic E-state index is 5.94. The molecule has 3 heteroatoms. The quantitative estimate of drug-likeness (QED) is 0.851. The van der Waals surface area contributed by atoms with E-state index in [1.54, 1.807) is 6.20 Å². The molecule has 0 radical (unpaired) electrons. The molecule has 1 unspecified atom stereocenters. The van der Waals surface area contributed by atoms with Gasteiger partial charge in [0, 0.05) is 0 Å². The smallest absolute Gasteiger partial charge is 0.122 e. The zero-order valence-electron chi connectivity index (χ0n) is 9.08. The summed E-state index contributed by atoms with van der Waals surface area (Å²) in [5.74, 6) is 1.45. The minimum absolute atomic E-state index is 0.316. The Balaban J connectivity index is 2.02. The Morgan fingerprint density at radius 1 is 1.19 bits per heavy atom. The first-order valence-corrected chi connectivity index (χ1v) is 5.70. The number of hydrogen-bond donors (Lipinski definition) is 1. The highest BCUT2D eigenvalue weighted by atomic mass is 15.3. The highest BCUT2D eigenvalue weighted by Gasteiger charge is 2.34. The summed E-state index contributed by atoms with van der Waals surface area (Å²) in [6.45, 7) is 0. The molecule has 82 valence electrons. The monoisotopic (exact) mass is 213 g/mol. The fraction of sp³-hybridized carbons (Fsp3) is 0.308. The van der Waals surface area contributed by atoms with Crippen LogP contribution in [0.2, 0.25) is 0 Å². The van der Waals surface area contributed by atoms with Gasteiger partial charge in [0.05, 0.1) is 12.2 Å². The van der Waals surface area contributed by atoms with Crippen LogP contribution >= 0.6 is 0 Å². The molecule has 1 aliphatic rings. The van der Waals surface area contributed by atoms with Gasteiger partial charge in [-0.1, -0.05) is 30.3 Å². The lowest BCUT2D eigenvalue weighted by atomic mass is 10.0. The van der Waals surface area contributed by atoms with Crippen LogP contribution in [0, 0.1) is 5.92 Å². The molecule has 1 aromatic heterocycles. The first kappa shape index (κ1) is 9.46. The summed E-state index contributed by atoms with van der Waals surface area (Å²) in [5.41, 5.74) is 7.25. The lowest BCUT2D eigenvalue weighted by Crippen LogP contribution is -2.16. The Morgan fingerprint density at radius 3 is 2.50 bits per heavy atom. The lowest BCUT2D eigenvalue weighted by molar-refractivity contribution is 0.477. The summed E-state index contributed by atoms with van der Waals surface area (Å²) in [5, 5.41) is 4.35. The zero-order chi connectivity index (χ0) is 11.0.